The first-order valence-electron chi connectivity index (χ1n) is 27.1. The molecular formula is C54H106O4. The van der Waals surface area contributed by atoms with Gasteiger partial charge in [0.1, 0.15) is 0 Å². The van der Waals surface area contributed by atoms with Crippen LogP contribution in [0.4, 0.5) is 0 Å². The first-order chi connectivity index (χ1) is 28.7. The van der Waals surface area contributed by atoms with Crippen molar-refractivity contribution in [3.05, 3.63) is 0 Å². The van der Waals surface area contributed by atoms with Gasteiger partial charge in [-0.1, -0.05) is 303 Å². The summed E-state index contributed by atoms with van der Waals surface area (Å²) in [6.07, 6.45) is 61.9. The van der Waals surface area contributed by atoms with E-state index in [-0.39, 0.29) is 17.9 Å². The summed E-state index contributed by atoms with van der Waals surface area (Å²) in [6.45, 7) is 6.86. The Labute approximate surface area is 365 Å². The third-order valence-corrected chi connectivity index (χ3v) is 12.8. The lowest BCUT2D eigenvalue weighted by molar-refractivity contribution is -0.262. The second kappa shape index (κ2) is 50.3. The molecule has 0 aromatic carbocycles. The van der Waals surface area contributed by atoms with Crippen molar-refractivity contribution >= 4 is 11.9 Å². The van der Waals surface area contributed by atoms with Crippen molar-refractivity contribution in [1.82, 2.24) is 0 Å². The van der Waals surface area contributed by atoms with E-state index in [9.17, 15) is 9.59 Å². The summed E-state index contributed by atoms with van der Waals surface area (Å²) in [5, 5.41) is 0. The van der Waals surface area contributed by atoms with Gasteiger partial charge in [0.2, 0.25) is 0 Å². The van der Waals surface area contributed by atoms with Crippen molar-refractivity contribution in [2.45, 2.75) is 329 Å². The van der Waals surface area contributed by atoms with E-state index in [1.165, 1.54) is 263 Å². The van der Waals surface area contributed by atoms with Gasteiger partial charge in [0, 0.05) is 0 Å². The summed E-state index contributed by atoms with van der Waals surface area (Å²) < 4.78 is 0. The summed E-state index contributed by atoms with van der Waals surface area (Å²) in [6, 6.07) is 0. The van der Waals surface area contributed by atoms with Crippen molar-refractivity contribution < 1.29 is 19.4 Å². The fraction of sp³-hybridized carbons (Fsp3) is 0.963. The Morgan fingerprint density at radius 1 is 0.276 bits per heavy atom. The van der Waals surface area contributed by atoms with Gasteiger partial charge in [-0.3, -0.25) is 0 Å². The topological polar surface area (TPSA) is 52.6 Å². The molecule has 346 valence electrons. The Hall–Kier alpha value is -1.06. The molecule has 0 saturated heterocycles. The maximum atomic E-state index is 13.1. The lowest BCUT2D eigenvalue weighted by Gasteiger charge is -2.15. The fourth-order valence-corrected chi connectivity index (χ4v) is 8.74. The van der Waals surface area contributed by atoms with Gasteiger partial charge >= 0.3 is 11.9 Å². The highest BCUT2D eigenvalue weighted by molar-refractivity contribution is 5.74. The zero-order valence-corrected chi connectivity index (χ0v) is 40.2. The molecule has 0 saturated carbocycles. The minimum absolute atomic E-state index is 0.150. The molecule has 4 heteroatoms. The molecule has 0 rings (SSSR count). The van der Waals surface area contributed by atoms with Crippen molar-refractivity contribution in [3.8, 4) is 0 Å². The van der Waals surface area contributed by atoms with Crippen LogP contribution >= 0.6 is 0 Å². The molecule has 1 atom stereocenters. The molecule has 0 aliphatic carbocycles. The zero-order valence-electron chi connectivity index (χ0n) is 40.2. The summed E-state index contributed by atoms with van der Waals surface area (Å²) in [5.74, 6) is -0.858. The largest absolute Gasteiger partial charge is 0.358 e. The van der Waals surface area contributed by atoms with E-state index in [1.807, 2.05) is 0 Å². The van der Waals surface area contributed by atoms with Crippen LogP contribution < -0.4 is 0 Å². The smallest absolute Gasteiger partial charge is 0.247 e. The van der Waals surface area contributed by atoms with Crippen LogP contribution in [-0.4, -0.2) is 11.9 Å². The molecule has 0 aliphatic heterocycles. The van der Waals surface area contributed by atoms with Crippen LogP contribution in [0.3, 0.4) is 0 Å². The number of carbonyl (C=O) groups is 2. The van der Waals surface area contributed by atoms with Gasteiger partial charge in [-0.05, 0) is 19.3 Å². The molecule has 0 aromatic heterocycles. The maximum absolute atomic E-state index is 13.1. The second-order valence-corrected chi connectivity index (χ2v) is 18.7. The number of carbonyl (C=O) groups excluding carboxylic acids is 2. The highest BCUT2D eigenvalue weighted by Gasteiger charge is 2.22. The van der Waals surface area contributed by atoms with Crippen LogP contribution in [0, 0.1) is 5.92 Å². The normalized spacial score (nSPS) is 12.0. The van der Waals surface area contributed by atoms with Gasteiger partial charge in [-0.2, -0.15) is 0 Å². The zero-order chi connectivity index (χ0) is 42.1. The molecule has 0 spiro atoms. The number of hydrogen-bond acceptors (Lipinski definition) is 4. The average Bonchev–Trinajstić information content (AvgIpc) is 3.23. The first-order valence-corrected chi connectivity index (χ1v) is 27.1. The molecule has 1 unspecified atom stereocenters. The number of unbranched alkanes of at least 4 members (excludes halogenated alkanes) is 42. The first kappa shape index (κ1) is 56.9. The van der Waals surface area contributed by atoms with E-state index in [2.05, 4.69) is 20.8 Å². The van der Waals surface area contributed by atoms with E-state index in [0.717, 1.165) is 38.5 Å². The molecule has 0 heterocycles. The lowest BCUT2D eigenvalue weighted by Crippen LogP contribution is -2.20. The van der Waals surface area contributed by atoms with Crippen LogP contribution in [0.25, 0.3) is 0 Å². The highest BCUT2D eigenvalue weighted by Crippen LogP contribution is 2.22. The lowest BCUT2D eigenvalue weighted by atomic mass is 9.94. The molecule has 0 fully saturated rings. The minimum atomic E-state index is -0.388. The quantitative estimate of drug-likeness (QED) is 0.0349. The van der Waals surface area contributed by atoms with Crippen LogP contribution in [0.2, 0.25) is 0 Å². The van der Waals surface area contributed by atoms with Crippen molar-refractivity contribution in [3.63, 3.8) is 0 Å². The van der Waals surface area contributed by atoms with Gasteiger partial charge in [0.15, 0.2) is 0 Å². The second-order valence-electron chi connectivity index (χ2n) is 18.7. The Balaban J connectivity index is 4.17. The Kier molecular flexibility index (Phi) is 49.4. The van der Waals surface area contributed by atoms with Crippen LogP contribution in [-0.2, 0) is 19.4 Å². The van der Waals surface area contributed by atoms with Crippen LogP contribution in [0.5, 0.6) is 0 Å². The van der Waals surface area contributed by atoms with E-state index in [0.29, 0.717) is 6.42 Å². The Bertz CT molecular complexity index is 796. The van der Waals surface area contributed by atoms with Crippen LogP contribution in [0.1, 0.15) is 329 Å². The van der Waals surface area contributed by atoms with Gasteiger partial charge in [-0.15, -0.1) is 0 Å². The summed E-state index contributed by atoms with van der Waals surface area (Å²) in [5.41, 5.74) is 0. The molecular weight excluding hydrogens is 713 g/mol. The summed E-state index contributed by atoms with van der Waals surface area (Å²) >= 11 is 0. The predicted octanol–water partition coefficient (Wildman–Crippen LogP) is 19.4. The SMILES string of the molecule is CCCCCCCCCCCCCCCCCCC(CCCCCCCCCCCCCCCC)C(=O)OOC(=O)CCCCCCCCCCCCCCCCC. The van der Waals surface area contributed by atoms with Crippen molar-refractivity contribution in [2.24, 2.45) is 5.92 Å². The highest BCUT2D eigenvalue weighted by atomic mass is 17.2. The minimum Gasteiger partial charge on any atom is -0.247 e. The molecule has 0 aliphatic rings. The Morgan fingerprint density at radius 3 is 0.724 bits per heavy atom. The molecule has 0 amide bonds. The molecule has 0 bridgehead atoms. The van der Waals surface area contributed by atoms with Crippen molar-refractivity contribution in [2.75, 3.05) is 0 Å². The van der Waals surface area contributed by atoms with Crippen LogP contribution in [0.15, 0.2) is 0 Å². The number of rotatable bonds is 49. The molecule has 0 radical (unpaired) electrons. The van der Waals surface area contributed by atoms with Crippen molar-refractivity contribution in [1.29, 1.82) is 0 Å². The Morgan fingerprint density at radius 2 is 0.483 bits per heavy atom. The molecule has 0 aromatic rings. The summed E-state index contributed by atoms with van der Waals surface area (Å²) in [4.78, 5) is 35.8. The summed E-state index contributed by atoms with van der Waals surface area (Å²) in [7, 11) is 0. The van der Waals surface area contributed by atoms with E-state index >= 15 is 0 Å². The van der Waals surface area contributed by atoms with Gasteiger partial charge in [0.25, 0.3) is 0 Å². The monoisotopic (exact) mass is 819 g/mol. The van der Waals surface area contributed by atoms with E-state index in [1.54, 1.807) is 0 Å². The van der Waals surface area contributed by atoms with Gasteiger partial charge < -0.3 is 0 Å². The molecule has 4 nitrogen and oxygen atoms in total. The average molecular weight is 819 g/mol. The van der Waals surface area contributed by atoms with Gasteiger partial charge in [0.05, 0.1) is 12.3 Å². The van der Waals surface area contributed by atoms with E-state index < -0.39 is 0 Å². The molecule has 0 N–H and O–H groups in total. The third-order valence-electron chi connectivity index (χ3n) is 12.8. The fourth-order valence-electron chi connectivity index (χ4n) is 8.74. The third kappa shape index (κ3) is 46.0. The van der Waals surface area contributed by atoms with Gasteiger partial charge in [-0.25, -0.2) is 19.4 Å². The maximum Gasteiger partial charge on any atom is 0.358 e. The predicted molar refractivity (Wildman–Crippen MR) is 254 cm³/mol. The number of hydrogen-bond donors (Lipinski definition) is 0. The molecule has 58 heavy (non-hydrogen) atoms. The standard InChI is InChI=1S/C54H106O4/c1-4-7-10-13-16-19-22-25-28-30-32-35-38-41-44-47-50-52(49-46-43-40-37-34-31-27-24-21-18-15-12-9-6-3)54(56)58-57-53(55)51-48-45-42-39-36-33-29-26-23-20-17-14-11-8-5-2/h52H,4-51H2,1-3H3. The van der Waals surface area contributed by atoms with E-state index in [4.69, 9.17) is 9.78 Å².